The Bertz CT molecular complexity index is 898. The van der Waals surface area contributed by atoms with Gasteiger partial charge in [-0.15, -0.1) is 0 Å². The van der Waals surface area contributed by atoms with E-state index in [2.05, 4.69) is 23.6 Å². The number of carbonyl (C=O) groups excluding carboxylic acids is 4. The number of amides is 4. The zero-order valence-electron chi connectivity index (χ0n) is 20.1. The highest BCUT2D eigenvalue weighted by atomic mass is 16.2. The first-order valence-corrected chi connectivity index (χ1v) is 12.6. The van der Waals surface area contributed by atoms with E-state index in [-0.39, 0.29) is 36.5 Å². The van der Waals surface area contributed by atoms with Crippen LogP contribution in [0, 0.1) is 11.8 Å². The molecule has 4 saturated heterocycles. The van der Waals surface area contributed by atoms with Crippen LogP contribution < -0.4 is 9.80 Å². The van der Waals surface area contributed by atoms with Gasteiger partial charge in [-0.2, -0.15) is 0 Å². The van der Waals surface area contributed by atoms with Gasteiger partial charge in [0, 0.05) is 0 Å². The Morgan fingerprint density at radius 2 is 0.912 bits per heavy atom. The quantitative estimate of drug-likeness (QED) is 0.634. The van der Waals surface area contributed by atoms with Gasteiger partial charge in [0.05, 0.1) is 36.3 Å². The van der Waals surface area contributed by atoms with E-state index in [0.29, 0.717) is 23.2 Å². The molecule has 5 rings (SSSR count). The van der Waals surface area contributed by atoms with Crippen LogP contribution in [0.3, 0.4) is 0 Å². The fourth-order valence-electron chi connectivity index (χ4n) is 5.78. The predicted octanol–water partition coefficient (Wildman–Crippen LogP) is 2.41. The Morgan fingerprint density at radius 1 is 0.588 bits per heavy atom. The van der Waals surface area contributed by atoms with Crippen molar-refractivity contribution in [3.8, 4) is 0 Å². The Morgan fingerprint density at radius 3 is 1.24 bits per heavy atom. The minimum absolute atomic E-state index is 0.181. The molecule has 0 saturated carbocycles. The molecule has 0 spiro atoms. The van der Waals surface area contributed by atoms with Crippen molar-refractivity contribution in [2.45, 2.75) is 64.5 Å². The largest absolute Gasteiger partial charge is 0.292 e. The Balaban J connectivity index is 1.28. The number of benzene rings is 1. The van der Waals surface area contributed by atoms with Crippen molar-refractivity contribution in [2.24, 2.45) is 11.8 Å². The fraction of sp³-hybridized carbons (Fsp3) is 0.615. The minimum Gasteiger partial charge on any atom is -0.292 e. The molecule has 0 bridgehead atoms. The third-order valence-electron chi connectivity index (χ3n) is 8.13. The van der Waals surface area contributed by atoms with Gasteiger partial charge in [-0.25, -0.2) is 9.80 Å². The van der Waals surface area contributed by atoms with Gasteiger partial charge in [0.15, 0.2) is 0 Å². The summed E-state index contributed by atoms with van der Waals surface area (Å²) in [6.45, 7) is 7.80. The maximum Gasteiger partial charge on any atom is 0.251 e. The third-order valence-corrected chi connectivity index (χ3v) is 8.13. The smallest absolute Gasteiger partial charge is 0.251 e. The highest BCUT2D eigenvalue weighted by Gasteiger charge is 2.45. The lowest BCUT2D eigenvalue weighted by atomic mass is 9.97. The van der Waals surface area contributed by atoms with E-state index in [4.69, 9.17) is 0 Å². The SMILES string of the molecule is CC1CCN([C@H]2CC(=O)N(c3ccc(N4C(=O)C[C@H](N5CCC(C)CC5)C4=O)cc3)C2=O)CC1. The molecule has 0 N–H and O–H groups in total. The number of likely N-dealkylation sites (tertiary alicyclic amines) is 2. The van der Waals surface area contributed by atoms with Gasteiger partial charge in [-0.1, -0.05) is 13.8 Å². The Hall–Kier alpha value is -2.58. The van der Waals surface area contributed by atoms with E-state index >= 15 is 0 Å². The first-order valence-electron chi connectivity index (χ1n) is 12.6. The molecule has 0 unspecified atom stereocenters. The summed E-state index contributed by atoms with van der Waals surface area (Å²) in [6.07, 6.45) is 4.58. The molecule has 4 aliphatic rings. The Labute approximate surface area is 200 Å². The lowest BCUT2D eigenvalue weighted by Gasteiger charge is -2.33. The van der Waals surface area contributed by atoms with E-state index < -0.39 is 12.1 Å². The van der Waals surface area contributed by atoms with E-state index in [9.17, 15) is 19.2 Å². The molecule has 182 valence electrons. The molecule has 8 heteroatoms. The summed E-state index contributed by atoms with van der Waals surface area (Å²) in [4.78, 5) is 58.5. The van der Waals surface area contributed by atoms with Gasteiger partial charge in [-0.3, -0.25) is 29.0 Å². The summed E-state index contributed by atoms with van der Waals surface area (Å²) >= 11 is 0. The number of carbonyl (C=O) groups is 4. The molecule has 0 aromatic heterocycles. The maximum absolute atomic E-state index is 13.1. The van der Waals surface area contributed by atoms with Crippen LogP contribution in [0.5, 0.6) is 0 Å². The number of imide groups is 2. The zero-order valence-corrected chi connectivity index (χ0v) is 20.1. The second kappa shape index (κ2) is 9.23. The second-order valence-electron chi connectivity index (χ2n) is 10.5. The van der Waals surface area contributed by atoms with Gasteiger partial charge in [0.2, 0.25) is 11.8 Å². The normalized spacial score (nSPS) is 28.5. The monoisotopic (exact) mass is 466 g/mol. The molecular formula is C26H34N4O4. The van der Waals surface area contributed by atoms with Crippen molar-refractivity contribution < 1.29 is 19.2 Å². The van der Waals surface area contributed by atoms with Crippen molar-refractivity contribution in [3.63, 3.8) is 0 Å². The average molecular weight is 467 g/mol. The van der Waals surface area contributed by atoms with E-state index in [1.807, 2.05) is 0 Å². The minimum atomic E-state index is -0.394. The molecule has 4 aliphatic heterocycles. The van der Waals surface area contributed by atoms with Gasteiger partial charge in [0.25, 0.3) is 11.8 Å². The van der Waals surface area contributed by atoms with E-state index in [0.717, 1.165) is 51.9 Å². The average Bonchev–Trinajstić information content (AvgIpc) is 3.29. The number of hydrogen-bond donors (Lipinski definition) is 0. The molecule has 2 atom stereocenters. The first-order chi connectivity index (χ1) is 16.3. The van der Waals surface area contributed by atoms with Crippen LogP contribution in [0.1, 0.15) is 52.4 Å². The third kappa shape index (κ3) is 4.18. The maximum atomic E-state index is 13.1. The highest BCUT2D eigenvalue weighted by Crippen LogP contribution is 2.32. The number of nitrogens with zero attached hydrogens (tertiary/aromatic N) is 4. The molecule has 4 fully saturated rings. The van der Waals surface area contributed by atoms with Crippen molar-refractivity contribution >= 4 is 35.0 Å². The van der Waals surface area contributed by atoms with E-state index in [1.54, 1.807) is 24.3 Å². The highest BCUT2D eigenvalue weighted by molar-refractivity contribution is 6.24. The van der Waals surface area contributed by atoms with Gasteiger partial charge < -0.3 is 0 Å². The van der Waals surface area contributed by atoms with E-state index in [1.165, 1.54) is 9.80 Å². The lowest BCUT2D eigenvalue weighted by Crippen LogP contribution is -2.45. The summed E-state index contributed by atoms with van der Waals surface area (Å²) < 4.78 is 0. The summed E-state index contributed by atoms with van der Waals surface area (Å²) in [6, 6.07) is 5.89. The number of rotatable bonds is 4. The van der Waals surface area contributed by atoms with Crippen molar-refractivity contribution in [2.75, 3.05) is 36.0 Å². The van der Waals surface area contributed by atoms with Crippen LogP contribution >= 0.6 is 0 Å². The van der Waals surface area contributed by atoms with Crippen LogP contribution in [-0.2, 0) is 19.2 Å². The van der Waals surface area contributed by atoms with Crippen LogP contribution in [0.15, 0.2) is 24.3 Å². The number of anilines is 2. The molecule has 1 aromatic rings. The molecular weight excluding hydrogens is 432 g/mol. The molecule has 4 amide bonds. The fourth-order valence-corrected chi connectivity index (χ4v) is 5.78. The summed E-state index contributed by atoms with van der Waals surface area (Å²) in [7, 11) is 0. The molecule has 0 aliphatic carbocycles. The van der Waals surface area contributed by atoms with Crippen molar-refractivity contribution in [3.05, 3.63) is 24.3 Å². The van der Waals surface area contributed by atoms with Gasteiger partial charge >= 0.3 is 0 Å². The van der Waals surface area contributed by atoms with Gasteiger partial charge in [0.1, 0.15) is 0 Å². The number of hydrogen-bond acceptors (Lipinski definition) is 6. The van der Waals surface area contributed by atoms with Crippen LogP contribution in [0.2, 0.25) is 0 Å². The van der Waals surface area contributed by atoms with Crippen LogP contribution in [-0.4, -0.2) is 71.7 Å². The van der Waals surface area contributed by atoms with Crippen molar-refractivity contribution in [1.82, 2.24) is 9.80 Å². The first kappa shape index (κ1) is 23.2. The number of piperidine rings is 2. The molecule has 0 radical (unpaired) electrons. The van der Waals surface area contributed by atoms with Crippen LogP contribution in [0.4, 0.5) is 11.4 Å². The lowest BCUT2D eigenvalue weighted by molar-refractivity contribution is -0.124. The van der Waals surface area contributed by atoms with Crippen LogP contribution in [0.25, 0.3) is 0 Å². The Kier molecular flexibility index (Phi) is 6.29. The molecule has 34 heavy (non-hydrogen) atoms. The molecule has 4 heterocycles. The van der Waals surface area contributed by atoms with Gasteiger partial charge in [-0.05, 0) is 88.0 Å². The van der Waals surface area contributed by atoms with Crippen molar-refractivity contribution in [1.29, 1.82) is 0 Å². The topological polar surface area (TPSA) is 81.2 Å². The summed E-state index contributed by atoms with van der Waals surface area (Å²) in [5.74, 6) is 0.547. The zero-order chi connectivity index (χ0) is 24.0. The summed E-state index contributed by atoms with van der Waals surface area (Å²) in [5.41, 5.74) is 0.986. The molecule has 1 aromatic carbocycles. The molecule has 8 nitrogen and oxygen atoms in total. The summed E-state index contributed by atoms with van der Waals surface area (Å²) in [5, 5.41) is 0. The predicted molar refractivity (Wildman–Crippen MR) is 128 cm³/mol. The standard InChI is InChI=1S/C26H34N4O4/c1-17-7-11-27(12-8-17)21-15-23(31)29(25(21)33)19-3-5-20(6-4-19)30-24(32)16-22(26(30)34)28-13-9-18(2)10-14-28/h3-6,17-18,21-22H,7-16H2,1-2H3/t21-,22-/m0/s1. The second-order valence-corrected chi connectivity index (χ2v) is 10.5.